The van der Waals surface area contributed by atoms with Gasteiger partial charge in [-0.2, -0.15) is 5.10 Å². The molecule has 0 radical (unpaired) electrons. The molecule has 1 saturated heterocycles. The van der Waals surface area contributed by atoms with Crippen molar-refractivity contribution in [2.45, 2.75) is 19.4 Å². The van der Waals surface area contributed by atoms with Crippen molar-refractivity contribution in [1.29, 1.82) is 0 Å². The SMILES string of the molecule is CC1COC(c2[nH]nc(N)c2F)C1. The van der Waals surface area contributed by atoms with Gasteiger partial charge in [0.2, 0.25) is 0 Å². The third-order valence-corrected chi connectivity index (χ3v) is 2.28. The zero-order valence-corrected chi connectivity index (χ0v) is 7.38. The van der Waals surface area contributed by atoms with Crippen LogP contribution in [-0.4, -0.2) is 16.8 Å². The van der Waals surface area contributed by atoms with Crippen LogP contribution in [0, 0.1) is 11.7 Å². The maximum atomic E-state index is 13.2. The minimum absolute atomic E-state index is 0.0850. The lowest BCUT2D eigenvalue weighted by Gasteiger charge is -2.05. The number of aromatic nitrogens is 2. The van der Waals surface area contributed by atoms with Crippen LogP contribution in [0.2, 0.25) is 0 Å². The van der Waals surface area contributed by atoms with Gasteiger partial charge >= 0.3 is 0 Å². The van der Waals surface area contributed by atoms with Gasteiger partial charge in [0.25, 0.3) is 0 Å². The Bertz CT molecular complexity index is 312. The lowest BCUT2D eigenvalue weighted by molar-refractivity contribution is 0.102. The Labute approximate surface area is 75.3 Å². The highest BCUT2D eigenvalue weighted by Gasteiger charge is 2.28. The van der Waals surface area contributed by atoms with Crippen LogP contribution >= 0.6 is 0 Å². The predicted octanol–water partition coefficient (Wildman–Crippen LogP) is 1.23. The minimum Gasteiger partial charge on any atom is -0.380 e. The van der Waals surface area contributed by atoms with Crippen molar-refractivity contribution in [3.63, 3.8) is 0 Å². The fourth-order valence-electron chi connectivity index (χ4n) is 1.55. The molecule has 1 aliphatic heterocycles. The van der Waals surface area contributed by atoms with Gasteiger partial charge in [-0.3, -0.25) is 5.10 Å². The molecule has 72 valence electrons. The highest BCUT2D eigenvalue weighted by atomic mass is 19.1. The largest absolute Gasteiger partial charge is 0.380 e. The maximum absolute atomic E-state index is 13.2. The monoisotopic (exact) mass is 185 g/mol. The summed E-state index contributed by atoms with van der Waals surface area (Å²) in [5.74, 6) is -0.0915. The summed E-state index contributed by atoms with van der Waals surface area (Å²) in [5, 5.41) is 6.14. The summed E-state index contributed by atoms with van der Waals surface area (Å²) in [6.45, 7) is 2.74. The number of nitrogens with zero attached hydrogens (tertiary/aromatic N) is 1. The van der Waals surface area contributed by atoms with E-state index in [4.69, 9.17) is 10.5 Å². The Morgan fingerprint density at radius 3 is 2.92 bits per heavy atom. The molecule has 0 spiro atoms. The third kappa shape index (κ3) is 1.39. The molecule has 1 aliphatic rings. The number of halogens is 1. The number of nitrogen functional groups attached to an aromatic ring is 1. The number of nitrogens with two attached hydrogens (primary N) is 1. The Morgan fingerprint density at radius 1 is 1.69 bits per heavy atom. The maximum Gasteiger partial charge on any atom is 0.190 e. The van der Waals surface area contributed by atoms with Crippen LogP contribution in [0.4, 0.5) is 10.2 Å². The van der Waals surface area contributed by atoms with E-state index < -0.39 is 5.82 Å². The second-order valence-corrected chi connectivity index (χ2v) is 3.50. The van der Waals surface area contributed by atoms with Crippen molar-refractivity contribution in [3.05, 3.63) is 11.5 Å². The average Bonchev–Trinajstić information content (AvgIpc) is 2.62. The van der Waals surface area contributed by atoms with Crippen molar-refractivity contribution in [1.82, 2.24) is 10.2 Å². The van der Waals surface area contributed by atoms with Crippen molar-refractivity contribution in [3.8, 4) is 0 Å². The summed E-state index contributed by atoms with van der Waals surface area (Å²) >= 11 is 0. The van der Waals surface area contributed by atoms with Gasteiger partial charge in [0.1, 0.15) is 11.8 Å². The Morgan fingerprint density at radius 2 is 2.46 bits per heavy atom. The van der Waals surface area contributed by atoms with Crippen LogP contribution in [0.1, 0.15) is 25.1 Å². The van der Waals surface area contributed by atoms with Gasteiger partial charge in [0.15, 0.2) is 11.6 Å². The molecule has 0 aromatic carbocycles. The van der Waals surface area contributed by atoms with E-state index in [-0.39, 0.29) is 11.9 Å². The molecule has 4 nitrogen and oxygen atoms in total. The normalized spacial score (nSPS) is 28.2. The fourth-order valence-corrected chi connectivity index (χ4v) is 1.55. The van der Waals surface area contributed by atoms with Crippen LogP contribution in [-0.2, 0) is 4.74 Å². The second kappa shape index (κ2) is 2.99. The molecule has 2 atom stereocenters. The molecular weight excluding hydrogens is 173 g/mol. The summed E-state index contributed by atoms with van der Waals surface area (Å²) < 4.78 is 18.6. The van der Waals surface area contributed by atoms with E-state index in [0.29, 0.717) is 18.2 Å². The molecule has 13 heavy (non-hydrogen) atoms. The fraction of sp³-hybridized carbons (Fsp3) is 0.625. The van der Waals surface area contributed by atoms with E-state index in [1.807, 2.05) is 0 Å². The molecule has 0 saturated carbocycles. The summed E-state index contributed by atoms with van der Waals surface area (Å²) in [6, 6.07) is 0. The first-order chi connectivity index (χ1) is 6.18. The van der Waals surface area contributed by atoms with Gasteiger partial charge < -0.3 is 10.5 Å². The molecule has 1 aromatic heterocycles. The molecule has 0 aliphatic carbocycles. The van der Waals surface area contributed by atoms with Crippen molar-refractivity contribution in [2.75, 3.05) is 12.3 Å². The molecule has 0 amide bonds. The summed E-state index contributed by atoms with van der Waals surface area (Å²) in [4.78, 5) is 0. The van der Waals surface area contributed by atoms with Crippen LogP contribution in [0.25, 0.3) is 0 Å². The Kier molecular flexibility index (Phi) is 1.95. The number of anilines is 1. The quantitative estimate of drug-likeness (QED) is 0.691. The molecule has 1 aromatic rings. The standard InChI is InChI=1S/C8H12FN3O/c1-4-2-5(13-3-4)7-6(9)8(10)12-11-7/h4-5H,2-3H2,1H3,(H3,10,11,12). The molecule has 2 rings (SSSR count). The van der Waals surface area contributed by atoms with E-state index >= 15 is 0 Å². The van der Waals surface area contributed by atoms with Gasteiger partial charge in [0, 0.05) is 0 Å². The lowest BCUT2D eigenvalue weighted by atomic mass is 10.1. The number of aromatic amines is 1. The topological polar surface area (TPSA) is 63.9 Å². The summed E-state index contributed by atoms with van der Waals surface area (Å²) in [6.07, 6.45) is 0.609. The Hall–Kier alpha value is -1.10. The summed E-state index contributed by atoms with van der Waals surface area (Å²) in [5.41, 5.74) is 5.65. The van der Waals surface area contributed by atoms with E-state index in [1.165, 1.54) is 0 Å². The van der Waals surface area contributed by atoms with E-state index in [9.17, 15) is 4.39 Å². The zero-order valence-electron chi connectivity index (χ0n) is 7.38. The third-order valence-electron chi connectivity index (χ3n) is 2.28. The van der Waals surface area contributed by atoms with Crippen LogP contribution in [0.3, 0.4) is 0 Å². The minimum atomic E-state index is -0.473. The second-order valence-electron chi connectivity index (χ2n) is 3.50. The van der Waals surface area contributed by atoms with E-state index in [2.05, 4.69) is 17.1 Å². The van der Waals surface area contributed by atoms with Crippen LogP contribution < -0.4 is 5.73 Å². The smallest absolute Gasteiger partial charge is 0.190 e. The highest BCUT2D eigenvalue weighted by molar-refractivity contribution is 5.32. The molecule has 5 heteroatoms. The lowest BCUT2D eigenvalue weighted by Crippen LogP contribution is -1.99. The zero-order chi connectivity index (χ0) is 9.42. The number of hydrogen-bond donors (Lipinski definition) is 2. The van der Waals surface area contributed by atoms with Gasteiger partial charge in [0.05, 0.1) is 6.61 Å². The molecule has 1 fully saturated rings. The molecule has 2 unspecified atom stereocenters. The van der Waals surface area contributed by atoms with Gasteiger partial charge in [-0.25, -0.2) is 4.39 Å². The van der Waals surface area contributed by atoms with Crippen LogP contribution in [0.5, 0.6) is 0 Å². The molecule has 0 bridgehead atoms. The van der Waals surface area contributed by atoms with Crippen molar-refractivity contribution in [2.24, 2.45) is 5.92 Å². The van der Waals surface area contributed by atoms with Crippen LogP contribution in [0.15, 0.2) is 0 Å². The number of ether oxygens (including phenoxy) is 1. The number of rotatable bonds is 1. The summed E-state index contributed by atoms with van der Waals surface area (Å²) in [7, 11) is 0. The van der Waals surface area contributed by atoms with Gasteiger partial charge in [-0.15, -0.1) is 0 Å². The van der Waals surface area contributed by atoms with Crippen molar-refractivity contribution >= 4 is 5.82 Å². The molecular formula is C8H12FN3O. The number of H-pyrrole nitrogens is 1. The predicted molar refractivity (Wildman–Crippen MR) is 45.4 cm³/mol. The van der Waals surface area contributed by atoms with E-state index in [0.717, 1.165) is 6.42 Å². The Balaban J connectivity index is 2.21. The van der Waals surface area contributed by atoms with Crippen molar-refractivity contribution < 1.29 is 9.13 Å². The van der Waals surface area contributed by atoms with Gasteiger partial charge in [-0.1, -0.05) is 6.92 Å². The first-order valence-electron chi connectivity index (χ1n) is 4.29. The first-order valence-corrected chi connectivity index (χ1v) is 4.29. The number of hydrogen-bond acceptors (Lipinski definition) is 3. The van der Waals surface area contributed by atoms with Gasteiger partial charge in [-0.05, 0) is 12.3 Å². The average molecular weight is 185 g/mol. The molecule has 3 N–H and O–H groups in total. The highest BCUT2D eigenvalue weighted by Crippen LogP contribution is 2.33. The first kappa shape index (κ1) is 8.50. The number of nitrogens with one attached hydrogen (secondary N) is 1. The molecule has 2 heterocycles. The van der Waals surface area contributed by atoms with E-state index in [1.54, 1.807) is 0 Å².